The minimum atomic E-state index is 0.232. The summed E-state index contributed by atoms with van der Waals surface area (Å²) in [6.07, 6.45) is 2.14. The second kappa shape index (κ2) is 6.81. The Morgan fingerprint density at radius 1 is 1.33 bits per heavy atom. The number of hydrogen-bond acceptors (Lipinski definition) is 3. The molecule has 2 rings (SSSR count). The van der Waals surface area contributed by atoms with Gasteiger partial charge in [0.05, 0.1) is 5.75 Å². The van der Waals surface area contributed by atoms with Crippen LogP contribution in [0.4, 0.5) is 0 Å². The number of carbonyl (C=O) groups is 1. The number of carbonyl (C=O) groups excluding carboxylic acids is 1. The molecule has 1 aliphatic heterocycles. The van der Waals surface area contributed by atoms with Crippen LogP contribution in [0.3, 0.4) is 0 Å². The summed E-state index contributed by atoms with van der Waals surface area (Å²) in [5.41, 5.74) is 0. The Balaban J connectivity index is 1.80. The lowest BCUT2D eigenvalue weighted by molar-refractivity contribution is -0.129. The van der Waals surface area contributed by atoms with E-state index in [0.29, 0.717) is 11.8 Å². The summed E-state index contributed by atoms with van der Waals surface area (Å²) in [5.74, 6) is 0.764. The van der Waals surface area contributed by atoms with Gasteiger partial charge in [-0.25, -0.2) is 0 Å². The van der Waals surface area contributed by atoms with E-state index in [-0.39, 0.29) is 5.91 Å². The molecule has 1 aromatic carbocycles. The Bertz CT molecular complexity index is 377. The highest BCUT2D eigenvalue weighted by Crippen LogP contribution is 2.18. The van der Waals surface area contributed by atoms with Crippen LogP contribution in [-0.4, -0.2) is 42.7 Å². The van der Waals surface area contributed by atoms with Gasteiger partial charge in [0.1, 0.15) is 0 Å². The largest absolute Gasteiger partial charge is 0.342 e. The molecule has 1 N–H and O–H groups in total. The van der Waals surface area contributed by atoms with Gasteiger partial charge in [0.15, 0.2) is 0 Å². The van der Waals surface area contributed by atoms with Crippen molar-refractivity contribution in [1.29, 1.82) is 0 Å². The maximum Gasteiger partial charge on any atom is 0.232 e. The molecule has 0 saturated carbocycles. The van der Waals surface area contributed by atoms with Crippen LogP contribution in [0, 0.1) is 0 Å². The van der Waals surface area contributed by atoms with Crippen molar-refractivity contribution in [2.45, 2.75) is 23.8 Å². The zero-order chi connectivity index (χ0) is 12.8. The number of nitrogens with one attached hydrogen (secondary N) is 1. The Morgan fingerprint density at radius 2 is 2.00 bits per heavy atom. The molecule has 0 aromatic heterocycles. The molecule has 1 fully saturated rings. The normalized spacial score (nSPS) is 16.5. The minimum Gasteiger partial charge on any atom is -0.342 e. The molecule has 0 atom stereocenters. The van der Waals surface area contributed by atoms with Gasteiger partial charge in [0, 0.05) is 18.0 Å². The molecule has 4 heteroatoms. The number of nitrogens with zero attached hydrogens (tertiary/aromatic N) is 1. The summed E-state index contributed by atoms with van der Waals surface area (Å²) in [6, 6.07) is 10.5. The van der Waals surface area contributed by atoms with Gasteiger partial charge in [-0.1, -0.05) is 18.2 Å². The number of piperidine rings is 1. The second-order valence-corrected chi connectivity index (χ2v) is 5.64. The minimum absolute atomic E-state index is 0.232. The first-order valence-electron chi connectivity index (χ1n) is 6.41. The van der Waals surface area contributed by atoms with Crippen molar-refractivity contribution in [2.24, 2.45) is 0 Å². The van der Waals surface area contributed by atoms with E-state index in [1.807, 2.05) is 42.3 Å². The molecule has 1 heterocycles. The molecular weight excluding hydrogens is 244 g/mol. The predicted molar refractivity (Wildman–Crippen MR) is 75.8 cm³/mol. The van der Waals surface area contributed by atoms with E-state index in [0.717, 1.165) is 30.8 Å². The highest BCUT2D eigenvalue weighted by atomic mass is 32.2. The van der Waals surface area contributed by atoms with Gasteiger partial charge < -0.3 is 10.2 Å². The topological polar surface area (TPSA) is 32.3 Å². The molecule has 0 aliphatic carbocycles. The molecule has 98 valence electrons. The number of amides is 1. The quantitative estimate of drug-likeness (QED) is 0.844. The third-order valence-corrected chi connectivity index (χ3v) is 4.35. The number of rotatable bonds is 4. The van der Waals surface area contributed by atoms with E-state index >= 15 is 0 Å². The van der Waals surface area contributed by atoms with Crippen LogP contribution in [0.15, 0.2) is 35.2 Å². The number of benzene rings is 1. The van der Waals surface area contributed by atoms with E-state index in [2.05, 4.69) is 5.32 Å². The van der Waals surface area contributed by atoms with E-state index < -0.39 is 0 Å². The number of hydrogen-bond donors (Lipinski definition) is 1. The zero-order valence-corrected chi connectivity index (χ0v) is 11.6. The average Bonchev–Trinajstić information content (AvgIpc) is 2.46. The van der Waals surface area contributed by atoms with Crippen LogP contribution < -0.4 is 5.32 Å². The second-order valence-electron chi connectivity index (χ2n) is 4.59. The predicted octanol–water partition coefficient (Wildman–Crippen LogP) is 1.99. The van der Waals surface area contributed by atoms with Crippen molar-refractivity contribution < 1.29 is 4.79 Å². The van der Waals surface area contributed by atoms with Crippen molar-refractivity contribution in [2.75, 3.05) is 25.9 Å². The Hall–Kier alpha value is -1.00. The maximum atomic E-state index is 12.1. The summed E-state index contributed by atoms with van der Waals surface area (Å²) in [4.78, 5) is 15.2. The lowest BCUT2D eigenvalue weighted by Gasteiger charge is -2.31. The van der Waals surface area contributed by atoms with E-state index in [1.165, 1.54) is 0 Å². The molecule has 0 bridgehead atoms. The van der Waals surface area contributed by atoms with Crippen molar-refractivity contribution in [3.63, 3.8) is 0 Å². The molecule has 1 aliphatic rings. The van der Waals surface area contributed by atoms with Gasteiger partial charge in [0.25, 0.3) is 0 Å². The van der Waals surface area contributed by atoms with E-state index in [9.17, 15) is 4.79 Å². The van der Waals surface area contributed by atoms with Gasteiger partial charge in [-0.05, 0) is 38.1 Å². The zero-order valence-electron chi connectivity index (χ0n) is 10.8. The SMILES string of the molecule is CN(C(=O)CSc1ccccc1)C1CCNCC1. The molecule has 18 heavy (non-hydrogen) atoms. The van der Waals surface area contributed by atoms with E-state index in [4.69, 9.17) is 0 Å². The molecule has 1 saturated heterocycles. The van der Waals surface area contributed by atoms with Crippen molar-refractivity contribution >= 4 is 17.7 Å². The fourth-order valence-corrected chi connectivity index (χ4v) is 3.00. The monoisotopic (exact) mass is 264 g/mol. The van der Waals surface area contributed by atoms with Crippen molar-refractivity contribution in [1.82, 2.24) is 10.2 Å². The van der Waals surface area contributed by atoms with Crippen molar-refractivity contribution in [3.8, 4) is 0 Å². The van der Waals surface area contributed by atoms with Crippen LogP contribution >= 0.6 is 11.8 Å². The molecule has 3 nitrogen and oxygen atoms in total. The molecule has 0 spiro atoms. The van der Waals surface area contributed by atoms with Gasteiger partial charge >= 0.3 is 0 Å². The lowest BCUT2D eigenvalue weighted by atomic mass is 10.1. The molecular formula is C14H20N2OS. The maximum absolute atomic E-state index is 12.1. The highest BCUT2D eigenvalue weighted by Gasteiger charge is 2.21. The smallest absolute Gasteiger partial charge is 0.232 e. The molecule has 1 amide bonds. The average molecular weight is 264 g/mol. The Morgan fingerprint density at radius 3 is 2.67 bits per heavy atom. The van der Waals surface area contributed by atoms with Gasteiger partial charge in [-0.15, -0.1) is 11.8 Å². The van der Waals surface area contributed by atoms with Crippen LogP contribution in [0.2, 0.25) is 0 Å². The fraction of sp³-hybridized carbons (Fsp3) is 0.500. The third kappa shape index (κ3) is 3.75. The summed E-state index contributed by atoms with van der Waals surface area (Å²) in [6.45, 7) is 2.04. The molecule has 1 aromatic rings. The first-order valence-corrected chi connectivity index (χ1v) is 7.40. The lowest BCUT2D eigenvalue weighted by Crippen LogP contribution is -2.44. The standard InChI is InChI=1S/C14H20N2OS/c1-16(12-7-9-15-10-8-12)14(17)11-18-13-5-3-2-4-6-13/h2-6,12,15H,7-11H2,1H3. The van der Waals surface area contributed by atoms with Crippen LogP contribution in [-0.2, 0) is 4.79 Å². The van der Waals surface area contributed by atoms with Crippen LogP contribution in [0.1, 0.15) is 12.8 Å². The first kappa shape index (κ1) is 13.4. The van der Waals surface area contributed by atoms with Crippen LogP contribution in [0.25, 0.3) is 0 Å². The van der Waals surface area contributed by atoms with Crippen molar-refractivity contribution in [3.05, 3.63) is 30.3 Å². The fourth-order valence-electron chi connectivity index (χ4n) is 2.16. The van der Waals surface area contributed by atoms with Gasteiger partial charge in [0.2, 0.25) is 5.91 Å². The third-order valence-electron chi connectivity index (χ3n) is 3.36. The summed E-state index contributed by atoms with van der Waals surface area (Å²) < 4.78 is 0. The summed E-state index contributed by atoms with van der Waals surface area (Å²) >= 11 is 1.61. The number of thioether (sulfide) groups is 1. The molecule has 0 unspecified atom stereocenters. The van der Waals surface area contributed by atoms with E-state index in [1.54, 1.807) is 11.8 Å². The summed E-state index contributed by atoms with van der Waals surface area (Å²) in [7, 11) is 1.93. The Labute approximate surface area is 113 Å². The highest BCUT2D eigenvalue weighted by molar-refractivity contribution is 8.00. The Kier molecular flexibility index (Phi) is 5.08. The molecule has 0 radical (unpaired) electrons. The van der Waals surface area contributed by atoms with Gasteiger partial charge in [-0.2, -0.15) is 0 Å². The van der Waals surface area contributed by atoms with Gasteiger partial charge in [-0.3, -0.25) is 4.79 Å². The first-order chi connectivity index (χ1) is 8.77. The summed E-state index contributed by atoms with van der Waals surface area (Å²) in [5, 5.41) is 3.32. The van der Waals surface area contributed by atoms with Crippen LogP contribution in [0.5, 0.6) is 0 Å².